The number of aryl methyl sites for hydroxylation is 1. The number of carbonyl (C=O) groups is 1. The maximum absolute atomic E-state index is 11.0. The SMILES string of the molecule is CCCn1cncc1COc1c(Br)cc(C(=O)O)cc1Br. The average Bonchev–Trinajstić information content (AvgIpc) is 2.85. The maximum Gasteiger partial charge on any atom is 0.335 e. The molecule has 0 aliphatic carbocycles. The Balaban J connectivity index is 2.16. The molecular weight excluding hydrogens is 404 g/mol. The van der Waals surface area contributed by atoms with Gasteiger partial charge in [0.25, 0.3) is 0 Å². The van der Waals surface area contributed by atoms with Crippen LogP contribution in [0.25, 0.3) is 0 Å². The molecule has 112 valence electrons. The lowest BCUT2D eigenvalue weighted by Crippen LogP contribution is -2.06. The molecule has 0 bridgehead atoms. The summed E-state index contributed by atoms with van der Waals surface area (Å²) in [5, 5.41) is 9.01. The van der Waals surface area contributed by atoms with Gasteiger partial charge < -0.3 is 14.4 Å². The van der Waals surface area contributed by atoms with Crippen LogP contribution in [-0.2, 0) is 13.2 Å². The number of ether oxygens (including phenoxy) is 1. The molecule has 7 heteroatoms. The Morgan fingerprint density at radius 3 is 2.62 bits per heavy atom. The number of hydrogen-bond donors (Lipinski definition) is 1. The number of hydrogen-bond acceptors (Lipinski definition) is 3. The van der Waals surface area contributed by atoms with E-state index in [-0.39, 0.29) is 5.56 Å². The van der Waals surface area contributed by atoms with Crippen molar-refractivity contribution in [3.05, 3.63) is 44.9 Å². The number of aromatic carboxylic acids is 1. The number of nitrogens with zero attached hydrogens (tertiary/aromatic N) is 2. The zero-order valence-corrected chi connectivity index (χ0v) is 14.5. The molecule has 1 heterocycles. The fraction of sp³-hybridized carbons (Fsp3) is 0.286. The van der Waals surface area contributed by atoms with Crippen molar-refractivity contribution in [2.45, 2.75) is 26.5 Å². The van der Waals surface area contributed by atoms with Crippen molar-refractivity contribution in [2.75, 3.05) is 0 Å². The summed E-state index contributed by atoms with van der Waals surface area (Å²) in [4.78, 5) is 15.1. The van der Waals surface area contributed by atoms with E-state index in [1.165, 1.54) is 12.1 Å². The van der Waals surface area contributed by atoms with E-state index in [9.17, 15) is 4.79 Å². The minimum atomic E-state index is -0.982. The van der Waals surface area contributed by atoms with Crippen molar-refractivity contribution in [1.82, 2.24) is 9.55 Å². The fourth-order valence-electron chi connectivity index (χ4n) is 1.88. The fourth-order valence-corrected chi connectivity index (χ4v) is 3.29. The average molecular weight is 418 g/mol. The smallest absolute Gasteiger partial charge is 0.335 e. The van der Waals surface area contributed by atoms with E-state index in [0.29, 0.717) is 21.3 Å². The van der Waals surface area contributed by atoms with E-state index >= 15 is 0 Å². The van der Waals surface area contributed by atoms with Crippen LogP contribution in [0.3, 0.4) is 0 Å². The van der Waals surface area contributed by atoms with E-state index < -0.39 is 5.97 Å². The van der Waals surface area contributed by atoms with Gasteiger partial charge >= 0.3 is 5.97 Å². The highest BCUT2D eigenvalue weighted by Crippen LogP contribution is 2.35. The lowest BCUT2D eigenvalue weighted by atomic mass is 10.2. The van der Waals surface area contributed by atoms with E-state index in [1.807, 2.05) is 4.57 Å². The molecule has 0 fully saturated rings. The van der Waals surface area contributed by atoms with Gasteiger partial charge in [0, 0.05) is 6.54 Å². The van der Waals surface area contributed by atoms with Gasteiger partial charge in [-0.3, -0.25) is 0 Å². The normalized spacial score (nSPS) is 10.6. The minimum absolute atomic E-state index is 0.192. The van der Waals surface area contributed by atoms with Gasteiger partial charge in [-0.1, -0.05) is 6.92 Å². The lowest BCUT2D eigenvalue weighted by Gasteiger charge is -2.12. The van der Waals surface area contributed by atoms with Crippen LogP contribution in [0.4, 0.5) is 0 Å². The van der Waals surface area contributed by atoms with Crippen LogP contribution in [0.5, 0.6) is 5.75 Å². The topological polar surface area (TPSA) is 64.4 Å². The Morgan fingerprint density at radius 1 is 1.38 bits per heavy atom. The van der Waals surface area contributed by atoms with Gasteiger partial charge in [-0.15, -0.1) is 0 Å². The summed E-state index contributed by atoms with van der Waals surface area (Å²) >= 11 is 6.68. The molecule has 1 aromatic carbocycles. The number of rotatable bonds is 6. The summed E-state index contributed by atoms with van der Waals surface area (Å²) in [6, 6.07) is 3.04. The third-order valence-corrected chi connectivity index (χ3v) is 4.05. The molecule has 0 spiro atoms. The van der Waals surface area contributed by atoms with Gasteiger partial charge in [0.1, 0.15) is 12.4 Å². The Hall–Kier alpha value is -1.34. The zero-order chi connectivity index (χ0) is 15.4. The molecule has 2 aromatic rings. The summed E-state index contributed by atoms with van der Waals surface area (Å²) in [7, 11) is 0. The zero-order valence-electron chi connectivity index (χ0n) is 11.3. The van der Waals surface area contributed by atoms with Gasteiger partial charge in [-0.2, -0.15) is 0 Å². The Labute approximate surface area is 139 Å². The summed E-state index contributed by atoms with van der Waals surface area (Å²) < 4.78 is 9.01. The molecule has 21 heavy (non-hydrogen) atoms. The number of carboxylic acids is 1. The first kappa shape index (κ1) is 16.0. The molecule has 0 unspecified atom stereocenters. The quantitative estimate of drug-likeness (QED) is 0.768. The molecule has 0 radical (unpaired) electrons. The summed E-state index contributed by atoms with van der Waals surface area (Å²) in [6.07, 6.45) is 4.56. The molecule has 0 atom stereocenters. The highest BCUT2D eigenvalue weighted by atomic mass is 79.9. The van der Waals surface area contributed by atoms with Crippen molar-refractivity contribution in [1.29, 1.82) is 0 Å². The molecule has 5 nitrogen and oxygen atoms in total. The first-order valence-corrected chi connectivity index (χ1v) is 7.95. The van der Waals surface area contributed by atoms with Crippen LogP contribution in [0.15, 0.2) is 33.6 Å². The molecule has 0 saturated heterocycles. The molecule has 0 aliphatic heterocycles. The van der Waals surface area contributed by atoms with Gasteiger partial charge in [0.15, 0.2) is 0 Å². The van der Waals surface area contributed by atoms with Gasteiger partial charge in [-0.25, -0.2) is 9.78 Å². The Morgan fingerprint density at radius 2 is 2.05 bits per heavy atom. The van der Waals surface area contributed by atoms with Crippen molar-refractivity contribution < 1.29 is 14.6 Å². The highest BCUT2D eigenvalue weighted by molar-refractivity contribution is 9.11. The predicted octanol–water partition coefficient (Wildman–Crippen LogP) is 4.10. The molecule has 2 rings (SSSR count). The Kier molecular flexibility index (Phi) is 5.41. The highest BCUT2D eigenvalue weighted by Gasteiger charge is 2.13. The molecule has 1 aromatic heterocycles. The van der Waals surface area contributed by atoms with Crippen molar-refractivity contribution in [3.8, 4) is 5.75 Å². The van der Waals surface area contributed by atoms with Crippen molar-refractivity contribution >= 4 is 37.8 Å². The van der Waals surface area contributed by atoms with Crippen LogP contribution in [0.2, 0.25) is 0 Å². The van der Waals surface area contributed by atoms with E-state index in [2.05, 4.69) is 43.8 Å². The summed E-state index contributed by atoms with van der Waals surface area (Å²) in [6.45, 7) is 3.35. The van der Waals surface area contributed by atoms with Crippen LogP contribution in [0, 0.1) is 0 Å². The first-order valence-electron chi connectivity index (χ1n) is 6.37. The second-order valence-corrected chi connectivity index (χ2v) is 6.15. The van der Waals surface area contributed by atoms with Crippen LogP contribution < -0.4 is 4.74 Å². The second-order valence-electron chi connectivity index (χ2n) is 4.44. The van der Waals surface area contributed by atoms with E-state index in [0.717, 1.165) is 18.7 Å². The standard InChI is InChI=1S/C14H14Br2N2O3/c1-2-3-18-8-17-6-10(18)7-21-13-11(15)4-9(14(19)20)5-12(13)16/h4-6,8H,2-3,7H2,1H3,(H,19,20). The monoisotopic (exact) mass is 416 g/mol. The Bertz CT molecular complexity index is 632. The number of carboxylic acid groups (broad SMARTS) is 1. The van der Waals surface area contributed by atoms with Crippen LogP contribution in [0.1, 0.15) is 29.4 Å². The lowest BCUT2D eigenvalue weighted by molar-refractivity contribution is 0.0696. The molecule has 0 aliphatic rings. The van der Waals surface area contributed by atoms with E-state index in [4.69, 9.17) is 9.84 Å². The molecule has 0 amide bonds. The first-order chi connectivity index (χ1) is 10.0. The summed E-state index contributed by atoms with van der Waals surface area (Å²) in [5.41, 5.74) is 1.16. The van der Waals surface area contributed by atoms with Crippen LogP contribution in [-0.4, -0.2) is 20.6 Å². The third-order valence-electron chi connectivity index (χ3n) is 2.87. The minimum Gasteiger partial charge on any atom is -0.485 e. The van der Waals surface area contributed by atoms with Gasteiger partial charge in [0.05, 0.1) is 32.7 Å². The van der Waals surface area contributed by atoms with Crippen molar-refractivity contribution in [2.24, 2.45) is 0 Å². The van der Waals surface area contributed by atoms with Crippen LogP contribution >= 0.6 is 31.9 Å². The van der Waals surface area contributed by atoms with Gasteiger partial charge in [0.2, 0.25) is 0 Å². The van der Waals surface area contributed by atoms with E-state index in [1.54, 1.807) is 12.5 Å². The largest absolute Gasteiger partial charge is 0.485 e. The summed E-state index contributed by atoms with van der Waals surface area (Å²) in [5.74, 6) is -0.409. The molecule has 1 N–H and O–H groups in total. The van der Waals surface area contributed by atoms with Gasteiger partial charge in [-0.05, 0) is 50.4 Å². The third kappa shape index (κ3) is 3.85. The number of aromatic nitrogens is 2. The second kappa shape index (κ2) is 7.09. The maximum atomic E-state index is 11.0. The predicted molar refractivity (Wildman–Crippen MR) is 85.7 cm³/mol. The number of imidazole rings is 1. The molecular formula is C14H14Br2N2O3. The molecule has 0 saturated carbocycles. The number of benzene rings is 1. The van der Waals surface area contributed by atoms with Crippen molar-refractivity contribution in [3.63, 3.8) is 0 Å². The number of halogens is 2.